The summed E-state index contributed by atoms with van der Waals surface area (Å²) >= 11 is 1.19. The van der Waals surface area contributed by atoms with Crippen molar-refractivity contribution in [3.05, 3.63) is 24.0 Å². The lowest BCUT2D eigenvalue weighted by molar-refractivity contribution is 0.588. The summed E-state index contributed by atoms with van der Waals surface area (Å²) in [7, 11) is -3.06. The molecule has 0 fully saturated rings. The van der Waals surface area contributed by atoms with E-state index in [0.717, 1.165) is 0 Å². The second kappa shape index (κ2) is 5.73. The molecule has 0 atom stereocenters. The zero-order valence-corrected chi connectivity index (χ0v) is 11.4. The third kappa shape index (κ3) is 4.20. The molecule has 0 aliphatic rings. The van der Waals surface area contributed by atoms with E-state index in [1.807, 2.05) is 0 Å². The molecule has 0 aromatic heterocycles. The number of rotatable bonds is 5. The van der Waals surface area contributed by atoms with Gasteiger partial charge in [0, 0.05) is 16.3 Å². The highest BCUT2D eigenvalue weighted by Crippen LogP contribution is 2.23. The van der Waals surface area contributed by atoms with Gasteiger partial charge >= 0.3 is 0 Å². The van der Waals surface area contributed by atoms with E-state index >= 15 is 0 Å². The van der Waals surface area contributed by atoms with Crippen LogP contribution in [0.1, 0.15) is 13.8 Å². The van der Waals surface area contributed by atoms with Crippen molar-refractivity contribution < 1.29 is 12.8 Å². The molecule has 0 aliphatic carbocycles. The smallest absolute Gasteiger partial charge is 0.153 e. The van der Waals surface area contributed by atoms with Gasteiger partial charge in [0.15, 0.2) is 9.84 Å². The number of anilines is 1. The molecule has 0 heterocycles. The van der Waals surface area contributed by atoms with Crippen LogP contribution in [0.25, 0.3) is 0 Å². The van der Waals surface area contributed by atoms with Crippen molar-refractivity contribution in [1.82, 2.24) is 0 Å². The Morgan fingerprint density at radius 3 is 2.59 bits per heavy atom. The summed E-state index contributed by atoms with van der Waals surface area (Å²) < 4.78 is 36.4. The van der Waals surface area contributed by atoms with E-state index in [1.54, 1.807) is 26.0 Å². The molecule has 1 aromatic carbocycles. The fourth-order valence-electron chi connectivity index (χ4n) is 1.14. The average molecular weight is 277 g/mol. The van der Waals surface area contributed by atoms with Crippen molar-refractivity contribution >= 4 is 27.3 Å². The summed E-state index contributed by atoms with van der Waals surface area (Å²) in [5, 5.41) is -0.389. The molecular weight excluding hydrogens is 261 g/mol. The van der Waals surface area contributed by atoms with Gasteiger partial charge in [0.1, 0.15) is 5.82 Å². The van der Waals surface area contributed by atoms with E-state index in [2.05, 4.69) is 0 Å². The SMILES string of the molecule is CC(C)S(=O)(=O)CCSc1ccc(N)cc1F. The first-order valence-electron chi connectivity index (χ1n) is 5.22. The Labute approximate surface area is 106 Å². The first-order valence-corrected chi connectivity index (χ1v) is 7.92. The lowest BCUT2D eigenvalue weighted by atomic mass is 10.3. The molecule has 0 saturated heterocycles. The number of hydrogen-bond donors (Lipinski definition) is 1. The molecule has 2 N–H and O–H groups in total. The minimum Gasteiger partial charge on any atom is -0.399 e. The maximum absolute atomic E-state index is 13.4. The third-order valence-corrected chi connectivity index (χ3v) is 5.82. The number of benzene rings is 1. The molecule has 0 aliphatic heterocycles. The van der Waals surface area contributed by atoms with Gasteiger partial charge in [-0.3, -0.25) is 0 Å². The highest BCUT2D eigenvalue weighted by molar-refractivity contribution is 8.00. The first kappa shape index (κ1) is 14.3. The molecule has 0 bridgehead atoms. The van der Waals surface area contributed by atoms with Crippen LogP contribution in [0.15, 0.2) is 23.1 Å². The van der Waals surface area contributed by atoms with Gasteiger partial charge < -0.3 is 5.73 Å². The predicted octanol–water partition coefficient (Wildman–Crippen LogP) is 2.32. The van der Waals surface area contributed by atoms with Crippen LogP contribution < -0.4 is 5.73 Å². The molecule has 1 aromatic rings. The molecule has 0 unspecified atom stereocenters. The Kier molecular flexibility index (Phi) is 4.82. The fraction of sp³-hybridized carbons (Fsp3) is 0.455. The molecule has 0 spiro atoms. The molecule has 6 heteroatoms. The van der Waals surface area contributed by atoms with Crippen molar-refractivity contribution in [2.24, 2.45) is 0 Å². The topological polar surface area (TPSA) is 60.2 Å². The molecule has 17 heavy (non-hydrogen) atoms. The second-order valence-corrected chi connectivity index (χ2v) is 7.77. The normalized spacial score (nSPS) is 12.0. The van der Waals surface area contributed by atoms with Crippen LogP contribution in [-0.2, 0) is 9.84 Å². The number of sulfone groups is 1. The van der Waals surface area contributed by atoms with Crippen LogP contribution in [0.5, 0.6) is 0 Å². The van der Waals surface area contributed by atoms with Crippen molar-refractivity contribution in [3.63, 3.8) is 0 Å². The lowest BCUT2D eigenvalue weighted by Crippen LogP contribution is -2.18. The molecule has 0 saturated carbocycles. The van der Waals surface area contributed by atoms with Gasteiger partial charge in [-0.25, -0.2) is 12.8 Å². The van der Waals surface area contributed by atoms with E-state index in [1.165, 1.54) is 17.8 Å². The van der Waals surface area contributed by atoms with Crippen LogP contribution in [0, 0.1) is 5.82 Å². The molecular formula is C11H16FNO2S2. The van der Waals surface area contributed by atoms with Gasteiger partial charge in [-0.2, -0.15) is 0 Å². The van der Waals surface area contributed by atoms with Crippen molar-refractivity contribution in [1.29, 1.82) is 0 Å². The van der Waals surface area contributed by atoms with Crippen LogP contribution in [-0.4, -0.2) is 25.2 Å². The van der Waals surface area contributed by atoms with E-state index in [0.29, 0.717) is 16.3 Å². The number of hydrogen-bond acceptors (Lipinski definition) is 4. The van der Waals surface area contributed by atoms with Gasteiger partial charge in [-0.1, -0.05) is 0 Å². The Balaban J connectivity index is 2.58. The second-order valence-electron chi connectivity index (χ2n) is 3.95. The van der Waals surface area contributed by atoms with Crippen LogP contribution in [0.4, 0.5) is 10.1 Å². The van der Waals surface area contributed by atoms with Crippen LogP contribution >= 0.6 is 11.8 Å². The van der Waals surface area contributed by atoms with E-state index in [-0.39, 0.29) is 11.0 Å². The van der Waals surface area contributed by atoms with Gasteiger partial charge in [0.05, 0.1) is 11.0 Å². The van der Waals surface area contributed by atoms with Gasteiger partial charge in [0.2, 0.25) is 0 Å². The van der Waals surface area contributed by atoms with E-state index in [4.69, 9.17) is 5.73 Å². The van der Waals surface area contributed by atoms with Crippen molar-refractivity contribution in [2.75, 3.05) is 17.2 Å². The molecule has 1 rings (SSSR count). The molecule has 0 radical (unpaired) electrons. The Morgan fingerprint density at radius 2 is 2.06 bits per heavy atom. The monoisotopic (exact) mass is 277 g/mol. The number of halogens is 1. The zero-order chi connectivity index (χ0) is 13.1. The van der Waals surface area contributed by atoms with Crippen molar-refractivity contribution in [2.45, 2.75) is 24.0 Å². The molecule has 0 amide bonds. The third-order valence-electron chi connectivity index (χ3n) is 2.30. The maximum atomic E-state index is 13.4. The Hall–Kier alpha value is -0.750. The summed E-state index contributed by atoms with van der Waals surface area (Å²) in [4.78, 5) is 0.429. The molecule has 3 nitrogen and oxygen atoms in total. The minimum atomic E-state index is -3.06. The van der Waals surface area contributed by atoms with Crippen LogP contribution in [0.3, 0.4) is 0 Å². The van der Waals surface area contributed by atoms with Gasteiger partial charge in [-0.15, -0.1) is 11.8 Å². The first-order chi connectivity index (χ1) is 7.83. The van der Waals surface area contributed by atoms with Crippen LogP contribution in [0.2, 0.25) is 0 Å². The highest BCUT2D eigenvalue weighted by atomic mass is 32.2. The number of nitrogens with two attached hydrogens (primary N) is 1. The minimum absolute atomic E-state index is 0.0547. The predicted molar refractivity (Wildman–Crippen MR) is 70.5 cm³/mol. The lowest BCUT2D eigenvalue weighted by Gasteiger charge is -2.07. The number of nitrogen functional groups attached to an aromatic ring is 1. The summed E-state index contributed by atoms with van der Waals surface area (Å²) in [5.74, 6) is -0.00233. The summed E-state index contributed by atoms with van der Waals surface area (Å²) in [6.07, 6.45) is 0. The zero-order valence-electron chi connectivity index (χ0n) is 9.81. The fourth-order valence-corrected chi connectivity index (χ4v) is 3.45. The standard InChI is InChI=1S/C11H16FNO2S2/c1-8(2)17(14,15)6-5-16-11-4-3-9(13)7-10(11)12/h3-4,7-8H,5-6,13H2,1-2H3. The summed E-state index contributed by atoms with van der Waals surface area (Å²) in [6.45, 7) is 3.29. The Bertz CT molecular complexity index is 486. The molecule has 96 valence electrons. The highest BCUT2D eigenvalue weighted by Gasteiger charge is 2.16. The quantitative estimate of drug-likeness (QED) is 0.663. The largest absolute Gasteiger partial charge is 0.399 e. The maximum Gasteiger partial charge on any atom is 0.153 e. The Morgan fingerprint density at radius 1 is 1.41 bits per heavy atom. The van der Waals surface area contributed by atoms with E-state index in [9.17, 15) is 12.8 Å². The number of thioether (sulfide) groups is 1. The van der Waals surface area contributed by atoms with Crippen molar-refractivity contribution in [3.8, 4) is 0 Å². The average Bonchev–Trinajstić information content (AvgIpc) is 2.21. The summed E-state index contributed by atoms with van der Waals surface area (Å²) in [5.41, 5.74) is 5.78. The summed E-state index contributed by atoms with van der Waals surface area (Å²) in [6, 6.07) is 4.40. The van der Waals surface area contributed by atoms with E-state index < -0.39 is 15.7 Å². The van der Waals surface area contributed by atoms with Gasteiger partial charge in [-0.05, 0) is 32.0 Å². The van der Waals surface area contributed by atoms with Gasteiger partial charge in [0.25, 0.3) is 0 Å².